The lowest BCUT2D eigenvalue weighted by Crippen LogP contribution is -3.12. The van der Waals surface area contributed by atoms with E-state index in [9.17, 15) is 13.2 Å². The topological polar surface area (TPSA) is 29.5 Å². The fraction of sp³-hybridized carbons (Fsp3) is 0.263. The van der Waals surface area contributed by atoms with Gasteiger partial charge in [0.15, 0.2) is 0 Å². The van der Waals surface area contributed by atoms with Crippen molar-refractivity contribution in [3.63, 3.8) is 0 Å². The molecule has 0 amide bonds. The summed E-state index contributed by atoms with van der Waals surface area (Å²) >= 11 is 1.75. The minimum atomic E-state index is -4.67. The molecule has 1 aliphatic heterocycles. The van der Waals surface area contributed by atoms with Crippen molar-refractivity contribution in [3.8, 4) is 5.75 Å². The molecule has 0 saturated heterocycles. The molecule has 2 atom stereocenters. The van der Waals surface area contributed by atoms with Gasteiger partial charge >= 0.3 is 6.36 Å². The van der Waals surface area contributed by atoms with Crippen molar-refractivity contribution < 1.29 is 22.8 Å². The van der Waals surface area contributed by atoms with Crippen molar-refractivity contribution in [2.45, 2.75) is 25.4 Å². The fourth-order valence-electron chi connectivity index (χ4n) is 3.64. The van der Waals surface area contributed by atoms with Crippen LogP contribution in [0.4, 0.5) is 13.2 Å². The Labute approximate surface area is 153 Å². The van der Waals surface area contributed by atoms with Gasteiger partial charge in [-0.1, -0.05) is 0 Å². The molecule has 1 aliphatic rings. The number of rotatable bonds is 4. The van der Waals surface area contributed by atoms with Crippen molar-refractivity contribution in [2.75, 3.05) is 6.54 Å². The van der Waals surface area contributed by atoms with Crippen LogP contribution in [0.15, 0.2) is 54.0 Å². The zero-order chi connectivity index (χ0) is 18.1. The number of benzene rings is 1. The lowest BCUT2D eigenvalue weighted by Gasteiger charge is -2.33. The average Bonchev–Trinajstić information content (AvgIpc) is 3.25. The van der Waals surface area contributed by atoms with E-state index < -0.39 is 6.36 Å². The molecule has 2 aromatic heterocycles. The summed E-state index contributed by atoms with van der Waals surface area (Å²) in [6.07, 6.45) is -1.74. The van der Waals surface area contributed by atoms with E-state index in [1.807, 2.05) is 12.3 Å². The minimum Gasteiger partial charge on any atom is -0.406 e. The maximum absolute atomic E-state index is 12.4. The molecule has 1 aromatic carbocycles. The number of thiophene rings is 1. The maximum atomic E-state index is 12.4. The van der Waals surface area contributed by atoms with E-state index >= 15 is 0 Å². The van der Waals surface area contributed by atoms with Gasteiger partial charge in [0.1, 0.15) is 18.3 Å². The number of hydrogen-bond donors (Lipinski definition) is 2. The van der Waals surface area contributed by atoms with Crippen LogP contribution in [-0.4, -0.2) is 17.9 Å². The van der Waals surface area contributed by atoms with Gasteiger partial charge in [-0.05, 0) is 47.8 Å². The molecule has 2 N–H and O–H groups in total. The Balaban J connectivity index is 1.64. The summed E-state index contributed by atoms with van der Waals surface area (Å²) in [5.74, 6) is -0.187. The third kappa shape index (κ3) is 3.64. The van der Waals surface area contributed by atoms with E-state index in [1.54, 1.807) is 23.5 Å². The zero-order valence-electron chi connectivity index (χ0n) is 13.8. The SMILES string of the molecule is FC(F)(F)Oc1ccc([C@H]2c3ccsc3CC[NH+]2Cc2ccc[nH]2)cc1. The minimum absolute atomic E-state index is 0.105. The third-order valence-electron chi connectivity index (χ3n) is 4.70. The van der Waals surface area contributed by atoms with Crippen molar-refractivity contribution in [1.29, 1.82) is 0 Å². The van der Waals surface area contributed by atoms with Crippen LogP contribution in [0.5, 0.6) is 5.75 Å². The van der Waals surface area contributed by atoms with Gasteiger partial charge in [-0.3, -0.25) is 0 Å². The number of hydrogen-bond acceptors (Lipinski definition) is 2. The average molecular weight is 379 g/mol. The number of H-pyrrole nitrogens is 1. The van der Waals surface area contributed by atoms with Crippen LogP contribution in [0.25, 0.3) is 0 Å². The number of fused-ring (bicyclic) bond motifs is 1. The summed E-state index contributed by atoms with van der Waals surface area (Å²) in [6.45, 7) is 1.83. The summed E-state index contributed by atoms with van der Waals surface area (Å²) in [6, 6.07) is 12.6. The summed E-state index contributed by atoms with van der Waals surface area (Å²) in [4.78, 5) is 5.99. The molecule has 0 fully saturated rings. The summed E-state index contributed by atoms with van der Waals surface area (Å²) < 4.78 is 41.2. The van der Waals surface area contributed by atoms with Crippen LogP contribution >= 0.6 is 11.3 Å². The van der Waals surface area contributed by atoms with Crippen molar-refractivity contribution >= 4 is 11.3 Å². The van der Waals surface area contributed by atoms with Crippen LogP contribution in [0, 0.1) is 0 Å². The van der Waals surface area contributed by atoms with E-state index in [1.165, 1.54) is 27.5 Å². The number of quaternary nitrogens is 1. The van der Waals surface area contributed by atoms with Gasteiger partial charge < -0.3 is 14.6 Å². The highest BCUT2D eigenvalue weighted by Crippen LogP contribution is 2.31. The fourth-order valence-corrected chi connectivity index (χ4v) is 4.56. The van der Waals surface area contributed by atoms with Gasteiger partial charge in [0.25, 0.3) is 0 Å². The second kappa shape index (κ2) is 6.81. The molecule has 0 bridgehead atoms. The summed E-state index contributed by atoms with van der Waals surface area (Å²) in [7, 11) is 0. The van der Waals surface area contributed by atoms with E-state index in [-0.39, 0.29) is 11.8 Å². The lowest BCUT2D eigenvalue weighted by atomic mass is 9.93. The molecule has 3 heterocycles. The molecular formula is C19H18F3N2OS+. The first-order valence-electron chi connectivity index (χ1n) is 8.38. The Hall–Kier alpha value is -2.25. The van der Waals surface area contributed by atoms with Crippen LogP contribution in [0.3, 0.4) is 0 Å². The first kappa shape index (κ1) is 17.2. The van der Waals surface area contributed by atoms with Crippen molar-refractivity contribution in [3.05, 3.63) is 75.7 Å². The van der Waals surface area contributed by atoms with Gasteiger partial charge in [-0.25, -0.2) is 0 Å². The first-order chi connectivity index (χ1) is 12.5. The molecule has 4 rings (SSSR count). The van der Waals surface area contributed by atoms with Crippen LogP contribution < -0.4 is 9.64 Å². The molecule has 3 aromatic rings. The normalized spacial score (nSPS) is 20.0. The van der Waals surface area contributed by atoms with Crippen molar-refractivity contribution in [2.24, 2.45) is 0 Å². The molecule has 0 saturated carbocycles. The van der Waals surface area contributed by atoms with Crippen molar-refractivity contribution in [1.82, 2.24) is 4.98 Å². The number of ether oxygens (including phenoxy) is 1. The van der Waals surface area contributed by atoms with Gasteiger partial charge in [0.2, 0.25) is 0 Å². The van der Waals surface area contributed by atoms with E-state index in [0.717, 1.165) is 30.8 Å². The molecule has 0 spiro atoms. The molecule has 0 radical (unpaired) electrons. The molecule has 7 heteroatoms. The van der Waals surface area contributed by atoms with Crippen LogP contribution in [0.1, 0.15) is 27.7 Å². The largest absolute Gasteiger partial charge is 0.573 e. The third-order valence-corrected chi connectivity index (χ3v) is 5.70. The quantitative estimate of drug-likeness (QED) is 0.711. The number of aromatic nitrogens is 1. The summed E-state index contributed by atoms with van der Waals surface area (Å²) in [5.41, 5.74) is 3.42. The number of alkyl halides is 3. The second-order valence-corrected chi connectivity index (χ2v) is 7.38. The van der Waals surface area contributed by atoms with Crippen LogP contribution in [-0.2, 0) is 13.0 Å². The van der Waals surface area contributed by atoms with Gasteiger partial charge in [-0.2, -0.15) is 0 Å². The molecular weight excluding hydrogens is 361 g/mol. The number of halogens is 3. The van der Waals surface area contributed by atoms with E-state index in [2.05, 4.69) is 27.2 Å². The standard InChI is InChI=1S/C19H17F3N2OS/c20-19(21,22)25-15-5-3-13(4-6-15)18-16-8-11-26-17(16)7-10-24(18)12-14-2-1-9-23-14/h1-6,8-9,11,18,23H,7,10,12H2/p+1/t18-/m0/s1. The summed E-state index contributed by atoms with van der Waals surface area (Å²) in [5, 5.41) is 2.09. The number of aromatic amines is 1. The van der Waals surface area contributed by atoms with E-state index in [0.29, 0.717) is 0 Å². The zero-order valence-corrected chi connectivity index (χ0v) is 14.7. The Kier molecular flexibility index (Phi) is 4.50. The van der Waals surface area contributed by atoms with Crippen LogP contribution in [0.2, 0.25) is 0 Å². The smallest absolute Gasteiger partial charge is 0.406 e. The molecule has 26 heavy (non-hydrogen) atoms. The highest BCUT2D eigenvalue weighted by molar-refractivity contribution is 7.10. The molecule has 3 nitrogen and oxygen atoms in total. The van der Waals surface area contributed by atoms with Gasteiger partial charge in [-0.15, -0.1) is 24.5 Å². The predicted octanol–water partition coefficient (Wildman–Crippen LogP) is 3.71. The highest BCUT2D eigenvalue weighted by atomic mass is 32.1. The van der Waals surface area contributed by atoms with Gasteiger partial charge in [0.05, 0.1) is 12.2 Å². The second-order valence-electron chi connectivity index (χ2n) is 6.38. The van der Waals surface area contributed by atoms with E-state index in [4.69, 9.17) is 0 Å². The first-order valence-corrected chi connectivity index (χ1v) is 9.26. The predicted molar refractivity (Wildman–Crippen MR) is 93.3 cm³/mol. The lowest BCUT2D eigenvalue weighted by molar-refractivity contribution is -0.941. The monoisotopic (exact) mass is 379 g/mol. The molecule has 0 aliphatic carbocycles. The molecule has 1 unspecified atom stereocenters. The Morgan fingerprint density at radius 1 is 1.15 bits per heavy atom. The molecule has 136 valence electrons. The Morgan fingerprint density at radius 2 is 1.96 bits per heavy atom. The number of nitrogens with one attached hydrogen (secondary N) is 2. The Bertz CT molecular complexity index is 856. The maximum Gasteiger partial charge on any atom is 0.573 e. The highest BCUT2D eigenvalue weighted by Gasteiger charge is 2.34. The Morgan fingerprint density at radius 3 is 2.65 bits per heavy atom. The van der Waals surface area contributed by atoms with Gasteiger partial charge in [0, 0.05) is 28.6 Å².